The zero-order valence-electron chi connectivity index (χ0n) is 12.3. The van der Waals surface area contributed by atoms with Gasteiger partial charge in [0.05, 0.1) is 0 Å². The third kappa shape index (κ3) is 4.46. The highest BCUT2D eigenvalue weighted by molar-refractivity contribution is 5.67. The van der Waals surface area contributed by atoms with E-state index in [0.717, 1.165) is 19.5 Å². The molecular formula is C15H28N2O2. The molecule has 2 aliphatic rings. The number of likely N-dealkylation sites (tertiary alicyclic amines) is 1. The predicted molar refractivity (Wildman–Crippen MR) is 76.2 cm³/mol. The summed E-state index contributed by atoms with van der Waals surface area (Å²) < 4.78 is 0. The maximum Gasteiger partial charge on any atom is 0.303 e. The summed E-state index contributed by atoms with van der Waals surface area (Å²) in [6, 6.07) is 1.65. The van der Waals surface area contributed by atoms with Gasteiger partial charge in [-0.15, -0.1) is 0 Å². The first-order valence-corrected chi connectivity index (χ1v) is 7.76. The van der Waals surface area contributed by atoms with Crippen LogP contribution >= 0.6 is 0 Å². The van der Waals surface area contributed by atoms with Crippen molar-refractivity contribution in [3.63, 3.8) is 0 Å². The summed E-state index contributed by atoms with van der Waals surface area (Å²) >= 11 is 0. The van der Waals surface area contributed by atoms with Crippen LogP contribution in [-0.4, -0.2) is 47.2 Å². The number of nitrogens with one attached hydrogen (secondary N) is 1. The Bertz CT molecular complexity index is 299. The van der Waals surface area contributed by atoms with Crippen LogP contribution in [0, 0.1) is 5.92 Å². The fourth-order valence-corrected chi connectivity index (χ4v) is 3.60. The van der Waals surface area contributed by atoms with E-state index < -0.39 is 5.97 Å². The quantitative estimate of drug-likeness (QED) is 0.801. The summed E-state index contributed by atoms with van der Waals surface area (Å²) in [7, 11) is 0. The Morgan fingerprint density at radius 1 is 1.26 bits per heavy atom. The smallest absolute Gasteiger partial charge is 0.303 e. The molecule has 0 amide bonds. The number of aliphatic carboxylic acids is 1. The third-order valence-electron chi connectivity index (χ3n) is 4.59. The van der Waals surface area contributed by atoms with Gasteiger partial charge in [0.1, 0.15) is 0 Å². The molecular weight excluding hydrogens is 240 g/mol. The first-order chi connectivity index (χ1) is 9.04. The van der Waals surface area contributed by atoms with Gasteiger partial charge in [-0.05, 0) is 39.0 Å². The first kappa shape index (κ1) is 14.8. The Kier molecular flexibility index (Phi) is 5.22. The number of carboxylic acid groups (broad SMARTS) is 1. The van der Waals surface area contributed by atoms with Crippen LogP contribution in [0.25, 0.3) is 0 Å². The predicted octanol–water partition coefficient (Wildman–Crippen LogP) is 2.09. The van der Waals surface area contributed by atoms with Crippen molar-refractivity contribution in [3.05, 3.63) is 0 Å². The largest absolute Gasteiger partial charge is 0.481 e. The number of hydrogen-bond acceptors (Lipinski definition) is 3. The van der Waals surface area contributed by atoms with Crippen molar-refractivity contribution in [1.82, 2.24) is 10.2 Å². The highest BCUT2D eigenvalue weighted by atomic mass is 16.4. The molecule has 0 aromatic heterocycles. The molecule has 2 unspecified atom stereocenters. The summed E-state index contributed by atoms with van der Waals surface area (Å²) in [4.78, 5) is 13.4. The lowest BCUT2D eigenvalue weighted by Crippen LogP contribution is -2.53. The number of nitrogens with zero attached hydrogens (tertiary/aromatic N) is 1. The molecule has 110 valence electrons. The van der Waals surface area contributed by atoms with E-state index >= 15 is 0 Å². The monoisotopic (exact) mass is 268 g/mol. The average Bonchev–Trinajstić information content (AvgIpc) is 2.80. The molecule has 4 nitrogen and oxygen atoms in total. The second-order valence-corrected chi connectivity index (χ2v) is 6.59. The minimum absolute atomic E-state index is 0.299. The number of carboxylic acids is 1. The van der Waals surface area contributed by atoms with Crippen molar-refractivity contribution in [2.45, 2.75) is 70.5 Å². The van der Waals surface area contributed by atoms with Gasteiger partial charge in [0, 0.05) is 37.6 Å². The summed E-state index contributed by atoms with van der Waals surface area (Å²) in [5, 5.41) is 12.8. The van der Waals surface area contributed by atoms with Gasteiger partial charge < -0.3 is 10.4 Å². The third-order valence-corrected chi connectivity index (χ3v) is 4.59. The second-order valence-electron chi connectivity index (χ2n) is 6.59. The van der Waals surface area contributed by atoms with Crippen LogP contribution in [0.4, 0.5) is 0 Å². The molecule has 0 bridgehead atoms. The van der Waals surface area contributed by atoms with Crippen molar-refractivity contribution in [1.29, 1.82) is 0 Å². The Balaban J connectivity index is 1.91. The van der Waals surface area contributed by atoms with Crippen LogP contribution in [0.1, 0.15) is 52.4 Å². The molecule has 2 N–H and O–H groups in total. The molecule has 19 heavy (non-hydrogen) atoms. The van der Waals surface area contributed by atoms with Gasteiger partial charge in [0.25, 0.3) is 0 Å². The standard InChI is InChI=1S/C15H28N2O2/c1-11(2)17-9-12(8-15(18)19)7-14(10-17)16-13-5-3-4-6-13/h11-14,16H,3-10H2,1-2H3,(H,18,19). The maximum absolute atomic E-state index is 11.0. The minimum atomic E-state index is -0.657. The van der Waals surface area contributed by atoms with Crippen LogP contribution in [0.15, 0.2) is 0 Å². The van der Waals surface area contributed by atoms with Gasteiger partial charge in [-0.3, -0.25) is 9.69 Å². The molecule has 1 aliphatic heterocycles. The van der Waals surface area contributed by atoms with Crippen LogP contribution in [0.5, 0.6) is 0 Å². The zero-order chi connectivity index (χ0) is 13.8. The average molecular weight is 268 g/mol. The van der Waals surface area contributed by atoms with Crippen molar-refractivity contribution in [2.24, 2.45) is 5.92 Å². The summed E-state index contributed by atoms with van der Waals surface area (Å²) in [6.07, 6.45) is 6.61. The summed E-state index contributed by atoms with van der Waals surface area (Å²) in [5.41, 5.74) is 0. The van der Waals surface area contributed by atoms with E-state index in [1.807, 2.05) is 0 Å². The van der Waals surface area contributed by atoms with Crippen molar-refractivity contribution < 1.29 is 9.90 Å². The van der Waals surface area contributed by atoms with Crippen molar-refractivity contribution in [3.8, 4) is 0 Å². The topological polar surface area (TPSA) is 52.6 Å². The second kappa shape index (κ2) is 6.71. The van der Waals surface area contributed by atoms with Gasteiger partial charge in [-0.1, -0.05) is 12.8 Å². The number of rotatable bonds is 5. The molecule has 2 fully saturated rings. The molecule has 1 heterocycles. The van der Waals surface area contributed by atoms with Crippen LogP contribution in [0.2, 0.25) is 0 Å². The van der Waals surface area contributed by atoms with Crippen molar-refractivity contribution in [2.75, 3.05) is 13.1 Å². The van der Waals surface area contributed by atoms with E-state index in [1.54, 1.807) is 0 Å². The maximum atomic E-state index is 11.0. The number of piperidine rings is 1. The fourth-order valence-electron chi connectivity index (χ4n) is 3.60. The number of carbonyl (C=O) groups is 1. The van der Waals surface area contributed by atoms with Gasteiger partial charge in [0.2, 0.25) is 0 Å². The highest BCUT2D eigenvalue weighted by Gasteiger charge is 2.31. The van der Waals surface area contributed by atoms with Gasteiger partial charge >= 0.3 is 5.97 Å². The Hall–Kier alpha value is -0.610. The molecule has 0 radical (unpaired) electrons. The molecule has 2 atom stereocenters. The molecule has 1 saturated carbocycles. The number of hydrogen-bond donors (Lipinski definition) is 2. The Labute approximate surface area is 116 Å². The highest BCUT2D eigenvalue weighted by Crippen LogP contribution is 2.25. The van der Waals surface area contributed by atoms with E-state index in [1.165, 1.54) is 25.7 Å². The first-order valence-electron chi connectivity index (χ1n) is 7.76. The van der Waals surface area contributed by atoms with Crippen LogP contribution in [0.3, 0.4) is 0 Å². The zero-order valence-corrected chi connectivity index (χ0v) is 12.3. The molecule has 1 saturated heterocycles. The lowest BCUT2D eigenvalue weighted by Gasteiger charge is -2.41. The fraction of sp³-hybridized carbons (Fsp3) is 0.933. The molecule has 0 aromatic carbocycles. The van der Waals surface area contributed by atoms with E-state index in [-0.39, 0.29) is 0 Å². The SMILES string of the molecule is CC(C)N1CC(CC(=O)O)CC(NC2CCCC2)C1. The van der Waals surface area contributed by atoms with Gasteiger partial charge in [-0.2, -0.15) is 0 Å². The molecule has 0 spiro atoms. The normalized spacial score (nSPS) is 30.1. The van der Waals surface area contributed by atoms with Crippen molar-refractivity contribution >= 4 is 5.97 Å². The lowest BCUT2D eigenvalue weighted by molar-refractivity contribution is -0.138. The van der Waals surface area contributed by atoms with E-state index in [4.69, 9.17) is 5.11 Å². The Morgan fingerprint density at radius 3 is 2.53 bits per heavy atom. The lowest BCUT2D eigenvalue weighted by atomic mass is 9.90. The summed E-state index contributed by atoms with van der Waals surface area (Å²) in [5.74, 6) is -0.359. The van der Waals surface area contributed by atoms with Crippen LogP contribution < -0.4 is 5.32 Å². The Morgan fingerprint density at radius 2 is 1.95 bits per heavy atom. The molecule has 2 rings (SSSR count). The van der Waals surface area contributed by atoms with E-state index in [9.17, 15) is 4.79 Å². The van der Waals surface area contributed by atoms with E-state index in [0.29, 0.717) is 30.5 Å². The van der Waals surface area contributed by atoms with Gasteiger partial charge in [0.15, 0.2) is 0 Å². The molecule has 4 heteroatoms. The summed E-state index contributed by atoms with van der Waals surface area (Å²) in [6.45, 7) is 6.42. The van der Waals surface area contributed by atoms with Gasteiger partial charge in [-0.25, -0.2) is 0 Å². The van der Waals surface area contributed by atoms with E-state index in [2.05, 4.69) is 24.1 Å². The molecule has 1 aliphatic carbocycles. The minimum Gasteiger partial charge on any atom is -0.481 e. The molecule has 0 aromatic rings. The van der Waals surface area contributed by atoms with Crippen LogP contribution in [-0.2, 0) is 4.79 Å².